The summed E-state index contributed by atoms with van der Waals surface area (Å²) in [5, 5.41) is 4.20. The van der Waals surface area contributed by atoms with Gasteiger partial charge in [0.05, 0.1) is 5.25 Å². The van der Waals surface area contributed by atoms with Crippen molar-refractivity contribution in [3.63, 3.8) is 0 Å². The molecule has 1 atom stereocenters. The molecule has 1 aromatic carbocycles. The zero-order valence-corrected chi connectivity index (χ0v) is 16.0. The molecule has 2 heterocycles. The predicted octanol–water partition coefficient (Wildman–Crippen LogP) is 4.87. The second kappa shape index (κ2) is 7.09. The summed E-state index contributed by atoms with van der Waals surface area (Å²) in [4.78, 5) is 23.6. The van der Waals surface area contributed by atoms with Crippen molar-refractivity contribution in [1.29, 1.82) is 0 Å². The van der Waals surface area contributed by atoms with Crippen LogP contribution >= 0.6 is 23.1 Å². The number of hydrogen-bond acceptors (Lipinski definition) is 5. The van der Waals surface area contributed by atoms with Crippen LogP contribution in [-0.2, 0) is 4.79 Å². The smallest absolute Gasteiger partial charge is 0.237 e. The molecule has 0 saturated heterocycles. The highest BCUT2D eigenvalue weighted by Crippen LogP contribution is 2.36. The number of nitrogens with one attached hydrogen (secondary N) is 1. The SMILES string of the molecule is Cc1nc(S[C@@H](C)C(=O)Nc2cccc(F)c2)c2c(C)c(C)sc2n1. The summed E-state index contributed by atoms with van der Waals surface area (Å²) in [5.74, 6) is 0.120. The number of nitrogens with zero attached hydrogens (tertiary/aromatic N) is 2. The van der Waals surface area contributed by atoms with E-state index in [0.29, 0.717) is 11.5 Å². The van der Waals surface area contributed by atoms with Gasteiger partial charge in [-0.05, 0) is 51.5 Å². The van der Waals surface area contributed by atoms with Gasteiger partial charge in [0.15, 0.2) is 0 Å². The minimum absolute atomic E-state index is 0.190. The molecule has 1 N–H and O–H groups in total. The van der Waals surface area contributed by atoms with Crippen LogP contribution in [-0.4, -0.2) is 21.1 Å². The summed E-state index contributed by atoms with van der Waals surface area (Å²) in [7, 11) is 0. The fraction of sp³-hybridized carbons (Fsp3) is 0.278. The van der Waals surface area contributed by atoms with Crippen LogP contribution in [0.2, 0.25) is 0 Å². The molecule has 0 spiro atoms. The van der Waals surface area contributed by atoms with Crippen LogP contribution in [0.3, 0.4) is 0 Å². The van der Waals surface area contributed by atoms with Gasteiger partial charge in [0.25, 0.3) is 0 Å². The molecule has 1 amide bonds. The van der Waals surface area contributed by atoms with Gasteiger partial charge < -0.3 is 5.32 Å². The van der Waals surface area contributed by atoms with Gasteiger partial charge in [-0.15, -0.1) is 11.3 Å². The fourth-order valence-corrected chi connectivity index (χ4v) is 4.62. The number of aromatic nitrogens is 2. The highest BCUT2D eigenvalue weighted by Gasteiger charge is 2.20. The number of benzene rings is 1. The lowest BCUT2D eigenvalue weighted by Gasteiger charge is -2.13. The molecule has 0 radical (unpaired) electrons. The van der Waals surface area contributed by atoms with Crippen LogP contribution in [0, 0.1) is 26.6 Å². The van der Waals surface area contributed by atoms with E-state index in [1.807, 2.05) is 13.8 Å². The van der Waals surface area contributed by atoms with Crippen LogP contribution in [0.15, 0.2) is 29.3 Å². The number of carbonyl (C=O) groups is 1. The minimum atomic E-state index is -0.379. The molecule has 0 unspecified atom stereocenters. The van der Waals surface area contributed by atoms with Crippen LogP contribution in [0.25, 0.3) is 10.2 Å². The standard InChI is InChI=1S/C18H18FN3OS2/c1-9-10(2)24-17-15(9)18(21-12(4)20-17)25-11(3)16(23)22-14-7-5-6-13(19)8-14/h5-8,11H,1-4H3,(H,22,23)/t11-/m0/s1. The Morgan fingerprint density at radius 3 is 2.76 bits per heavy atom. The van der Waals surface area contributed by atoms with Crippen molar-refractivity contribution in [3.05, 3.63) is 46.3 Å². The highest BCUT2D eigenvalue weighted by atomic mass is 32.2. The molecule has 0 aliphatic rings. The normalized spacial score (nSPS) is 12.4. The zero-order chi connectivity index (χ0) is 18.1. The van der Waals surface area contributed by atoms with Gasteiger partial charge >= 0.3 is 0 Å². The van der Waals surface area contributed by atoms with Gasteiger partial charge in [-0.1, -0.05) is 17.8 Å². The molecular weight excluding hydrogens is 357 g/mol. The number of carbonyl (C=O) groups excluding carboxylic acids is 1. The lowest BCUT2D eigenvalue weighted by molar-refractivity contribution is -0.115. The molecule has 0 bridgehead atoms. The number of hydrogen-bond donors (Lipinski definition) is 1. The Hall–Kier alpha value is -1.99. The largest absolute Gasteiger partial charge is 0.325 e. The first-order chi connectivity index (χ1) is 11.8. The molecule has 0 aliphatic heterocycles. The van der Waals surface area contributed by atoms with Crippen LogP contribution in [0.5, 0.6) is 0 Å². The van der Waals surface area contributed by atoms with E-state index in [-0.39, 0.29) is 17.0 Å². The maximum Gasteiger partial charge on any atom is 0.237 e. The van der Waals surface area contributed by atoms with Crippen molar-refractivity contribution in [2.45, 2.75) is 38.0 Å². The van der Waals surface area contributed by atoms with E-state index in [9.17, 15) is 9.18 Å². The van der Waals surface area contributed by atoms with Crippen LogP contribution < -0.4 is 5.32 Å². The summed E-state index contributed by atoms with van der Waals surface area (Å²) >= 11 is 3.04. The first-order valence-corrected chi connectivity index (χ1v) is 9.52. The molecule has 7 heteroatoms. The molecule has 130 valence electrons. The van der Waals surface area contributed by atoms with E-state index < -0.39 is 0 Å². The average Bonchev–Trinajstić information content (AvgIpc) is 2.81. The molecule has 2 aromatic heterocycles. The number of anilines is 1. The van der Waals surface area contributed by atoms with Crippen molar-refractivity contribution in [1.82, 2.24) is 9.97 Å². The van der Waals surface area contributed by atoms with E-state index >= 15 is 0 Å². The van der Waals surface area contributed by atoms with Crippen LogP contribution in [0.1, 0.15) is 23.2 Å². The van der Waals surface area contributed by atoms with E-state index in [1.165, 1.54) is 28.8 Å². The minimum Gasteiger partial charge on any atom is -0.325 e. The van der Waals surface area contributed by atoms with Crippen LogP contribution in [0.4, 0.5) is 10.1 Å². The maximum absolute atomic E-state index is 13.3. The maximum atomic E-state index is 13.3. The van der Waals surface area contributed by atoms with Gasteiger partial charge in [0.2, 0.25) is 5.91 Å². The second-order valence-corrected chi connectivity index (χ2v) is 8.33. The lowest BCUT2D eigenvalue weighted by Crippen LogP contribution is -2.22. The Kier molecular flexibility index (Phi) is 5.06. The molecular formula is C18H18FN3OS2. The van der Waals surface area contributed by atoms with Gasteiger partial charge in [-0.2, -0.15) is 0 Å². The third-order valence-corrected chi connectivity index (χ3v) is 6.04. The lowest BCUT2D eigenvalue weighted by atomic mass is 10.2. The van der Waals surface area contributed by atoms with Crippen molar-refractivity contribution in [2.75, 3.05) is 5.32 Å². The Balaban J connectivity index is 1.84. The number of aryl methyl sites for hydroxylation is 3. The van der Waals surface area contributed by atoms with Gasteiger partial charge in [0.1, 0.15) is 21.5 Å². The monoisotopic (exact) mass is 375 g/mol. The first kappa shape index (κ1) is 17.8. The quantitative estimate of drug-likeness (QED) is 0.522. The molecule has 0 aliphatic carbocycles. The Bertz CT molecular complexity index is 955. The number of rotatable bonds is 4. The van der Waals surface area contributed by atoms with Gasteiger partial charge in [-0.3, -0.25) is 4.79 Å². The highest BCUT2D eigenvalue weighted by molar-refractivity contribution is 8.00. The third kappa shape index (κ3) is 3.82. The van der Waals surface area contributed by atoms with Crippen molar-refractivity contribution < 1.29 is 9.18 Å². The predicted molar refractivity (Wildman–Crippen MR) is 102 cm³/mol. The number of halogens is 1. The Morgan fingerprint density at radius 2 is 2.04 bits per heavy atom. The average molecular weight is 375 g/mol. The summed E-state index contributed by atoms with van der Waals surface area (Å²) in [5.41, 5.74) is 1.60. The number of thioether (sulfide) groups is 1. The summed E-state index contributed by atoms with van der Waals surface area (Å²) in [6.07, 6.45) is 0. The molecule has 3 aromatic rings. The molecule has 3 rings (SSSR count). The van der Waals surface area contributed by atoms with Crippen molar-refractivity contribution in [3.8, 4) is 0 Å². The van der Waals surface area contributed by atoms with Crippen molar-refractivity contribution >= 4 is 44.9 Å². The summed E-state index contributed by atoms with van der Waals surface area (Å²) in [6, 6.07) is 5.87. The zero-order valence-electron chi connectivity index (χ0n) is 14.4. The Labute approximate surface area is 153 Å². The number of amides is 1. The van der Waals surface area contributed by atoms with E-state index in [1.54, 1.807) is 23.5 Å². The van der Waals surface area contributed by atoms with Gasteiger partial charge in [-0.25, -0.2) is 14.4 Å². The third-order valence-electron chi connectivity index (χ3n) is 3.86. The Morgan fingerprint density at radius 1 is 1.28 bits per heavy atom. The summed E-state index contributed by atoms with van der Waals surface area (Å²) in [6.45, 7) is 7.78. The fourth-order valence-electron chi connectivity index (χ4n) is 2.43. The van der Waals surface area contributed by atoms with Crippen molar-refractivity contribution in [2.24, 2.45) is 0 Å². The summed E-state index contributed by atoms with van der Waals surface area (Å²) < 4.78 is 13.3. The van der Waals surface area contributed by atoms with Gasteiger partial charge in [0, 0.05) is 16.0 Å². The van der Waals surface area contributed by atoms with E-state index in [0.717, 1.165) is 20.8 Å². The number of fused-ring (bicyclic) bond motifs is 1. The molecule has 25 heavy (non-hydrogen) atoms. The topological polar surface area (TPSA) is 54.9 Å². The van der Waals surface area contributed by atoms with E-state index in [2.05, 4.69) is 29.1 Å². The van der Waals surface area contributed by atoms with E-state index in [4.69, 9.17) is 0 Å². The molecule has 4 nitrogen and oxygen atoms in total. The molecule has 0 saturated carbocycles. The number of thiophene rings is 1. The first-order valence-electron chi connectivity index (χ1n) is 7.82. The second-order valence-electron chi connectivity index (χ2n) is 5.80. The molecule has 0 fully saturated rings.